The van der Waals surface area contributed by atoms with Gasteiger partial charge in [0.15, 0.2) is 0 Å². The Hall–Kier alpha value is -0.913. The number of allylic oxidation sites excluding steroid dienone is 1. The standard InChI is InChI=1S/C22H29IOSi/c1-22(2,3)25(20-14-8-6-9-15-20,21-16-10-7-11-17-21)24-19-13-5-4-12-18-23/h6-12,14-18H,4-5,13,19H2,1-3H3/b18-12+. The zero-order valence-corrected chi connectivity index (χ0v) is 18.7. The Balaban J connectivity index is 2.36. The first-order valence-corrected chi connectivity index (χ1v) is 12.2. The van der Waals surface area contributed by atoms with Crippen molar-refractivity contribution in [1.82, 2.24) is 0 Å². The molecule has 0 heterocycles. The fourth-order valence-electron chi connectivity index (χ4n) is 3.41. The predicted octanol–water partition coefficient (Wildman–Crippen LogP) is 5.68. The van der Waals surface area contributed by atoms with Gasteiger partial charge >= 0.3 is 0 Å². The summed E-state index contributed by atoms with van der Waals surface area (Å²) in [5, 5.41) is 2.79. The Morgan fingerprint density at radius 1 is 0.880 bits per heavy atom. The summed E-state index contributed by atoms with van der Waals surface area (Å²) >= 11 is 2.28. The monoisotopic (exact) mass is 464 g/mol. The molecule has 0 bridgehead atoms. The van der Waals surface area contributed by atoms with Crippen LogP contribution in [0.5, 0.6) is 0 Å². The molecule has 0 fully saturated rings. The smallest absolute Gasteiger partial charge is 0.261 e. The zero-order valence-electron chi connectivity index (χ0n) is 15.5. The molecule has 0 saturated heterocycles. The van der Waals surface area contributed by atoms with Crippen molar-refractivity contribution in [3.05, 3.63) is 70.8 Å². The van der Waals surface area contributed by atoms with Gasteiger partial charge in [0, 0.05) is 6.61 Å². The van der Waals surface area contributed by atoms with Crippen LogP contribution < -0.4 is 10.4 Å². The first-order chi connectivity index (χ1) is 12.0. The Morgan fingerprint density at radius 3 is 1.84 bits per heavy atom. The van der Waals surface area contributed by atoms with Gasteiger partial charge in [-0.1, -0.05) is 110 Å². The molecule has 0 aliphatic carbocycles. The largest absolute Gasteiger partial charge is 0.407 e. The normalized spacial score (nSPS) is 12.6. The second-order valence-corrected chi connectivity index (χ2v) is 12.4. The van der Waals surface area contributed by atoms with E-state index in [4.69, 9.17) is 4.43 Å². The molecule has 0 aromatic heterocycles. The van der Waals surface area contributed by atoms with Crippen LogP contribution in [0, 0.1) is 0 Å². The molecule has 134 valence electrons. The summed E-state index contributed by atoms with van der Waals surface area (Å²) in [4.78, 5) is 0. The van der Waals surface area contributed by atoms with Gasteiger partial charge < -0.3 is 4.43 Å². The number of hydrogen-bond acceptors (Lipinski definition) is 1. The fraction of sp³-hybridized carbons (Fsp3) is 0.364. The highest BCUT2D eigenvalue weighted by atomic mass is 127. The van der Waals surface area contributed by atoms with Crippen LogP contribution in [0.2, 0.25) is 5.04 Å². The van der Waals surface area contributed by atoms with Gasteiger partial charge in [0.2, 0.25) is 0 Å². The molecule has 3 heteroatoms. The summed E-state index contributed by atoms with van der Waals surface area (Å²) in [7, 11) is -2.34. The lowest BCUT2D eigenvalue weighted by atomic mass is 10.2. The maximum absolute atomic E-state index is 6.86. The average molecular weight is 464 g/mol. The summed E-state index contributed by atoms with van der Waals surface area (Å²) < 4.78 is 8.96. The lowest BCUT2D eigenvalue weighted by Gasteiger charge is -2.43. The highest BCUT2D eigenvalue weighted by Crippen LogP contribution is 2.36. The SMILES string of the molecule is CC(C)(C)[Si](OCCCC/C=C/I)(c1ccccc1)c1ccccc1. The van der Waals surface area contributed by atoms with E-state index in [1.54, 1.807) is 0 Å². The van der Waals surface area contributed by atoms with Crippen LogP contribution in [-0.4, -0.2) is 14.9 Å². The number of unbranched alkanes of at least 4 members (excludes halogenated alkanes) is 2. The van der Waals surface area contributed by atoms with Crippen molar-refractivity contribution >= 4 is 41.3 Å². The highest BCUT2D eigenvalue weighted by Gasteiger charge is 2.49. The first kappa shape index (κ1) is 20.4. The van der Waals surface area contributed by atoms with Crippen LogP contribution in [0.3, 0.4) is 0 Å². The number of rotatable bonds is 8. The maximum Gasteiger partial charge on any atom is 0.261 e. The minimum absolute atomic E-state index is 0.0673. The third kappa shape index (κ3) is 5.05. The van der Waals surface area contributed by atoms with Gasteiger partial charge in [-0.25, -0.2) is 0 Å². The molecule has 0 N–H and O–H groups in total. The lowest BCUT2D eigenvalue weighted by molar-refractivity contribution is 0.289. The summed E-state index contributed by atoms with van der Waals surface area (Å²) in [6.45, 7) is 7.82. The van der Waals surface area contributed by atoms with Crippen molar-refractivity contribution < 1.29 is 4.43 Å². The fourth-order valence-corrected chi connectivity index (χ4v) is 8.38. The molecule has 0 atom stereocenters. The van der Waals surface area contributed by atoms with E-state index in [2.05, 4.69) is 114 Å². The van der Waals surface area contributed by atoms with Crippen LogP contribution in [0.15, 0.2) is 70.8 Å². The van der Waals surface area contributed by atoms with Gasteiger partial charge in [-0.15, -0.1) is 0 Å². The van der Waals surface area contributed by atoms with Crippen LogP contribution >= 0.6 is 22.6 Å². The molecule has 2 aromatic rings. The summed E-state index contributed by atoms with van der Waals surface area (Å²) in [5.41, 5.74) is 0. The molecule has 2 aromatic carbocycles. The van der Waals surface area contributed by atoms with Crippen molar-refractivity contribution in [1.29, 1.82) is 0 Å². The third-order valence-corrected chi connectivity index (χ3v) is 10.1. The van der Waals surface area contributed by atoms with Crippen LogP contribution in [-0.2, 0) is 4.43 Å². The number of hydrogen-bond donors (Lipinski definition) is 0. The topological polar surface area (TPSA) is 9.23 Å². The van der Waals surface area contributed by atoms with Crippen LogP contribution in [0.25, 0.3) is 0 Å². The first-order valence-electron chi connectivity index (χ1n) is 9.02. The minimum atomic E-state index is -2.34. The van der Waals surface area contributed by atoms with E-state index in [-0.39, 0.29) is 5.04 Å². The van der Waals surface area contributed by atoms with Crippen molar-refractivity contribution in [2.45, 2.75) is 45.1 Å². The van der Waals surface area contributed by atoms with Gasteiger partial charge in [-0.3, -0.25) is 0 Å². The summed E-state index contributed by atoms with van der Waals surface area (Å²) in [5.74, 6) is 0. The van der Waals surface area contributed by atoms with E-state index < -0.39 is 8.32 Å². The molecule has 0 aliphatic rings. The van der Waals surface area contributed by atoms with Gasteiger partial charge in [0.25, 0.3) is 8.32 Å². The third-order valence-electron chi connectivity index (χ3n) is 4.59. The average Bonchev–Trinajstić information content (AvgIpc) is 2.62. The highest BCUT2D eigenvalue weighted by molar-refractivity contribution is 14.1. The second-order valence-electron chi connectivity index (χ2n) is 7.37. The quantitative estimate of drug-likeness (QED) is 0.277. The van der Waals surface area contributed by atoms with Gasteiger partial charge in [-0.2, -0.15) is 0 Å². The molecule has 0 unspecified atom stereocenters. The molecule has 0 amide bonds. The molecule has 0 radical (unpaired) electrons. The predicted molar refractivity (Wildman–Crippen MR) is 121 cm³/mol. The Bertz CT molecular complexity index is 607. The molecule has 25 heavy (non-hydrogen) atoms. The van der Waals surface area contributed by atoms with E-state index in [0.29, 0.717) is 0 Å². The summed E-state index contributed by atoms with van der Waals surface area (Å²) in [6, 6.07) is 21.7. The van der Waals surface area contributed by atoms with E-state index in [1.165, 1.54) is 16.8 Å². The van der Waals surface area contributed by atoms with Crippen LogP contribution in [0.4, 0.5) is 0 Å². The Kier molecular flexibility index (Phi) is 7.91. The Labute approximate surface area is 167 Å². The number of benzene rings is 2. The van der Waals surface area contributed by atoms with E-state index in [9.17, 15) is 0 Å². The number of halogens is 1. The summed E-state index contributed by atoms with van der Waals surface area (Å²) in [6.07, 6.45) is 5.64. The molecule has 0 spiro atoms. The molecule has 1 nitrogen and oxygen atoms in total. The Morgan fingerprint density at radius 2 is 1.40 bits per heavy atom. The van der Waals surface area contributed by atoms with Crippen molar-refractivity contribution in [3.63, 3.8) is 0 Å². The second kappa shape index (κ2) is 9.69. The van der Waals surface area contributed by atoms with E-state index in [0.717, 1.165) is 19.4 Å². The van der Waals surface area contributed by atoms with Crippen molar-refractivity contribution in [3.8, 4) is 0 Å². The molecule has 2 rings (SSSR count). The van der Waals surface area contributed by atoms with Crippen molar-refractivity contribution in [2.75, 3.05) is 6.61 Å². The maximum atomic E-state index is 6.86. The minimum Gasteiger partial charge on any atom is -0.407 e. The zero-order chi connectivity index (χ0) is 18.2. The van der Waals surface area contributed by atoms with Crippen molar-refractivity contribution in [2.24, 2.45) is 0 Å². The van der Waals surface area contributed by atoms with Crippen LogP contribution in [0.1, 0.15) is 40.0 Å². The van der Waals surface area contributed by atoms with Gasteiger partial charge in [0.05, 0.1) is 0 Å². The van der Waals surface area contributed by atoms with E-state index in [1.807, 2.05) is 0 Å². The van der Waals surface area contributed by atoms with Gasteiger partial charge in [0.1, 0.15) is 0 Å². The van der Waals surface area contributed by atoms with E-state index >= 15 is 0 Å². The van der Waals surface area contributed by atoms with Gasteiger partial charge in [-0.05, 0) is 38.8 Å². The molecule has 0 saturated carbocycles. The lowest BCUT2D eigenvalue weighted by Crippen LogP contribution is -2.66. The molecule has 0 aliphatic heterocycles. The molecular weight excluding hydrogens is 435 g/mol. The molecular formula is C22H29IOSi.